The number of aryl methyl sites for hydroxylation is 2. The van der Waals surface area contributed by atoms with Crippen molar-refractivity contribution in [3.05, 3.63) is 46.8 Å². The molecule has 5 heteroatoms. The van der Waals surface area contributed by atoms with Crippen molar-refractivity contribution in [2.75, 3.05) is 11.9 Å². The number of H-pyrrole nitrogens is 1. The van der Waals surface area contributed by atoms with Gasteiger partial charge in [-0.25, -0.2) is 0 Å². The van der Waals surface area contributed by atoms with Gasteiger partial charge < -0.3 is 10.6 Å². The fraction of sp³-hybridized carbons (Fsp3) is 0.412. The Labute approximate surface area is 130 Å². The molecule has 0 radical (unpaired) electrons. The Balaban J connectivity index is 1.69. The van der Waals surface area contributed by atoms with Crippen LogP contribution < -0.4 is 10.6 Å². The Hall–Kier alpha value is -2.30. The van der Waals surface area contributed by atoms with Gasteiger partial charge in [0.2, 0.25) is 0 Å². The van der Waals surface area contributed by atoms with E-state index < -0.39 is 0 Å². The number of amides is 1. The summed E-state index contributed by atoms with van der Waals surface area (Å²) in [6, 6.07) is 7.98. The van der Waals surface area contributed by atoms with E-state index in [1.165, 1.54) is 5.56 Å². The zero-order valence-electron chi connectivity index (χ0n) is 13.1. The first-order valence-corrected chi connectivity index (χ1v) is 7.81. The zero-order valence-corrected chi connectivity index (χ0v) is 13.1. The summed E-state index contributed by atoms with van der Waals surface area (Å²) in [7, 11) is 0. The monoisotopic (exact) mass is 298 g/mol. The Kier molecular flexibility index (Phi) is 4.13. The van der Waals surface area contributed by atoms with Crippen LogP contribution in [0.3, 0.4) is 0 Å². The number of aromatic amines is 1. The third-order valence-corrected chi connectivity index (χ3v) is 3.97. The quantitative estimate of drug-likeness (QED) is 0.812. The van der Waals surface area contributed by atoms with E-state index in [1.54, 1.807) is 0 Å². The molecule has 1 aliphatic rings. The molecule has 5 nitrogen and oxygen atoms in total. The smallest absolute Gasteiger partial charge is 0.253 e. The Morgan fingerprint density at radius 2 is 2.32 bits per heavy atom. The highest BCUT2D eigenvalue weighted by Gasteiger charge is 2.18. The molecule has 0 saturated heterocycles. The number of rotatable bonds is 4. The molecular weight excluding hydrogens is 276 g/mol. The number of hydrogen-bond acceptors (Lipinski definition) is 3. The fourth-order valence-electron chi connectivity index (χ4n) is 2.94. The van der Waals surface area contributed by atoms with Crippen molar-refractivity contribution in [2.45, 2.75) is 39.2 Å². The second-order valence-corrected chi connectivity index (χ2v) is 5.99. The van der Waals surface area contributed by atoms with Crippen LogP contribution in [0.5, 0.6) is 0 Å². The minimum Gasteiger partial charge on any atom is -0.384 e. The molecule has 1 aromatic carbocycles. The predicted octanol–water partition coefficient (Wildman–Crippen LogP) is 2.44. The minimum atomic E-state index is -0.0222. The molecule has 0 spiro atoms. The minimum absolute atomic E-state index is 0.0222. The summed E-state index contributed by atoms with van der Waals surface area (Å²) in [5.74, 6) is -0.0222. The van der Waals surface area contributed by atoms with Crippen LogP contribution in [-0.4, -0.2) is 28.7 Å². The van der Waals surface area contributed by atoms with Crippen molar-refractivity contribution in [3.8, 4) is 0 Å². The first-order chi connectivity index (χ1) is 10.6. The van der Waals surface area contributed by atoms with E-state index in [0.29, 0.717) is 0 Å². The summed E-state index contributed by atoms with van der Waals surface area (Å²) in [5.41, 5.74) is 4.97. The zero-order chi connectivity index (χ0) is 15.5. The Morgan fingerprint density at radius 1 is 1.45 bits per heavy atom. The molecule has 0 unspecified atom stereocenters. The van der Waals surface area contributed by atoms with Gasteiger partial charge in [0, 0.05) is 24.7 Å². The highest BCUT2D eigenvalue weighted by atomic mass is 16.1. The van der Waals surface area contributed by atoms with Crippen LogP contribution in [0.15, 0.2) is 24.3 Å². The molecule has 0 saturated carbocycles. The van der Waals surface area contributed by atoms with Gasteiger partial charge in [-0.1, -0.05) is 12.1 Å². The summed E-state index contributed by atoms with van der Waals surface area (Å²) in [6.07, 6.45) is 2.87. The van der Waals surface area contributed by atoms with Crippen molar-refractivity contribution in [2.24, 2.45) is 0 Å². The van der Waals surface area contributed by atoms with Crippen molar-refractivity contribution in [3.63, 3.8) is 0 Å². The maximum Gasteiger partial charge on any atom is 0.253 e. The van der Waals surface area contributed by atoms with E-state index >= 15 is 0 Å². The van der Waals surface area contributed by atoms with Crippen LogP contribution in [0, 0.1) is 6.92 Å². The molecule has 1 aromatic heterocycles. The average molecular weight is 298 g/mol. The number of carbonyl (C=O) groups is 1. The number of nitrogens with one attached hydrogen (secondary N) is 3. The summed E-state index contributed by atoms with van der Waals surface area (Å²) >= 11 is 0. The number of carbonyl (C=O) groups excluding carboxylic acids is 1. The molecule has 1 atom stereocenters. The Bertz CT molecular complexity index is 677. The van der Waals surface area contributed by atoms with E-state index in [0.717, 1.165) is 48.4 Å². The maximum absolute atomic E-state index is 12.5. The molecule has 3 rings (SSSR count). The SMILES string of the molecule is Cc1cc(C[C@H](C)NC(=O)c2cccc3c2NCCC3)n[nH]1. The fourth-order valence-corrected chi connectivity index (χ4v) is 2.94. The van der Waals surface area contributed by atoms with Crippen LogP contribution in [0.2, 0.25) is 0 Å². The van der Waals surface area contributed by atoms with Gasteiger partial charge in [0.25, 0.3) is 5.91 Å². The molecule has 2 aromatic rings. The average Bonchev–Trinajstić information content (AvgIpc) is 2.91. The largest absolute Gasteiger partial charge is 0.384 e. The highest BCUT2D eigenvalue weighted by Crippen LogP contribution is 2.26. The standard InChI is InChI=1S/C17H22N4O/c1-11(9-14-10-12(2)20-21-14)19-17(22)15-7-3-5-13-6-4-8-18-16(13)15/h3,5,7,10-11,18H,4,6,8-9H2,1-2H3,(H,19,22)(H,20,21)/t11-/m0/s1. The van der Waals surface area contributed by atoms with Gasteiger partial charge in [-0.2, -0.15) is 5.10 Å². The number of anilines is 1. The van der Waals surface area contributed by atoms with Crippen LogP contribution >= 0.6 is 0 Å². The topological polar surface area (TPSA) is 69.8 Å². The van der Waals surface area contributed by atoms with E-state index in [9.17, 15) is 4.79 Å². The second-order valence-electron chi connectivity index (χ2n) is 5.99. The molecule has 3 N–H and O–H groups in total. The van der Waals surface area contributed by atoms with Gasteiger partial charge in [0.15, 0.2) is 0 Å². The number of benzene rings is 1. The molecule has 2 heterocycles. The van der Waals surface area contributed by atoms with Crippen LogP contribution in [0.1, 0.15) is 40.7 Å². The van der Waals surface area contributed by atoms with Crippen molar-refractivity contribution < 1.29 is 4.79 Å². The molecule has 22 heavy (non-hydrogen) atoms. The molecule has 0 fully saturated rings. The van der Waals surface area contributed by atoms with E-state index in [4.69, 9.17) is 0 Å². The number of fused-ring (bicyclic) bond motifs is 1. The third kappa shape index (κ3) is 3.13. The summed E-state index contributed by atoms with van der Waals surface area (Å²) < 4.78 is 0. The number of aromatic nitrogens is 2. The normalized spacial score (nSPS) is 14.8. The van der Waals surface area contributed by atoms with E-state index in [2.05, 4.69) is 26.9 Å². The highest BCUT2D eigenvalue weighted by molar-refractivity contribution is 6.00. The van der Waals surface area contributed by atoms with Gasteiger partial charge >= 0.3 is 0 Å². The van der Waals surface area contributed by atoms with Gasteiger partial charge in [-0.05, 0) is 44.4 Å². The Morgan fingerprint density at radius 3 is 3.09 bits per heavy atom. The molecular formula is C17H22N4O. The van der Waals surface area contributed by atoms with Gasteiger partial charge in [0.1, 0.15) is 0 Å². The van der Waals surface area contributed by atoms with E-state index in [1.807, 2.05) is 32.0 Å². The lowest BCUT2D eigenvalue weighted by atomic mass is 9.99. The van der Waals surface area contributed by atoms with E-state index in [-0.39, 0.29) is 11.9 Å². The molecule has 0 aliphatic carbocycles. The lowest BCUT2D eigenvalue weighted by Crippen LogP contribution is -2.35. The van der Waals surface area contributed by atoms with Crippen molar-refractivity contribution in [1.82, 2.24) is 15.5 Å². The number of para-hydroxylation sites is 1. The third-order valence-electron chi connectivity index (χ3n) is 3.97. The van der Waals surface area contributed by atoms with Crippen molar-refractivity contribution in [1.29, 1.82) is 0 Å². The molecule has 1 aliphatic heterocycles. The van der Waals surface area contributed by atoms with Gasteiger partial charge in [-0.3, -0.25) is 9.89 Å². The molecule has 0 bridgehead atoms. The first kappa shape index (κ1) is 14.6. The van der Waals surface area contributed by atoms with Crippen LogP contribution in [0.4, 0.5) is 5.69 Å². The maximum atomic E-state index is 12.5. The predicted molar refractivity (Wildman–Crippen MR) is 87.2 cm³/mol. The van der Waals surface area contributed by atoms with Crippen LogP contribution in [0.25, 0.3) is 0 Å². The lowest BCUT2D eigenvalue weighted by Gasteiger charge is -2.21. The summed E-state index contributed by atoms with van der Waals surface area (Å²) in [4.78, 5) is 12.5. The van der Waals surface area contributed by atoms with Crippen molar-refractivity contribution >= 4 is 11.6 Å². The second kappa shape index (κ2) is 6.22. The number of hydrogen-bond donors (Lipinski definition) is 3. The van der Waals surface area contributed by atoms with Crippen LogP contribution in [-0.2, 0) is 12.8 Å². The van der Waals surface area contributed by atoms with Gasteiger partial charge in [-0.15, -0.1) is 0 Å². The van der Waals surface area contributed by atoms with Gasteiger partial charge in [0.05, 0.1) is 16.9 Å². The molecule has 116 valence electrons. The lowest BCUT2D eigenvalue weighted by molar-refractivity contribution is 0.0940. The number of nitrogens with zero attached hydrogens (tertiary/aromatic N) is 1. The molecule has 1 amide bonds. The summed E-state index contributed by atoms with van der Waals surface area (Å²) in [6.45, 7) is 4.91. The first-order valence-electron chi connectivity index (χ1n) is 7.81. The summed E-state index contributed by atoms with van der Waals surface area (Å²) in [5, 5.41) is 13.6.